The average Bonchev–Trinajstić information content (AvgIpc) is 1.84. The minimum atomic E-state index is -3.98. The fourth-order valence-corrected chi connectivity index (χ4v) is 0.927. The van der Waals surface area contributed by atoms with Gasteiger partial charge in [-0.15, -0.1) is 0 Å². The molecule has 0 aliphatic carbocycles. The molecular weight excluding hydrogens is 224 g/mol. The number of carboxylic acids is 1. The summed E-state index contributed by atoms with van der Waals surface area (Å²) in [7, 11) is -3.98. The molecule has 0 saturated heterocycles. The predicted octanol–water partition coefficient (Wildman–Crippen LogP) is -0.621. The number of hydrogen-bond acceptors (Lipinski definition) is 3. The van der Waals surface area contributed by atoms with Crippen LogP contribution >= 0.6 is 0 Å². The van der Waals surface area contributed by atoms with E-state index < -0.39 is 21.8 Å². The molecule has 0 atom stereocenters. The van der Waals surface area contributed by atoms with E-state index in [1.807, 2.05) is 0 Å². The molecule has 13 heavy (non-hydrogen) atoms. The molecule has 0 heterocycles. The van der Waals surface area contributed by atoms with Crippen molar-refractivity contribution in [3.05, 3.63) is 11.6 Å². The molecule has 0 fully saturated rings. The molecule has 74 valence electrons. The number of hydrogen-bond donors (Lipinski definition) is 2. The Labute approximate surface area is 107 Å². The van der Waals surface area contributed by atoms with Crippen LogP contribution in [-0.4, -0.2) is 67.5 Å². The summed E-state index contributed by atoms with van der Waals surface area (Å²) in [5.41, 5.74) is 0.0682. The quantitative estimate of drug-likeness (QED) is 0.385. The molecule has 0 aliphatic heterocycles. The Balaban J connectivity index is 0. The van der Waals surface area contributed by atoms with Crippen molar-refractivity contribution in [3.63, 3.8) is 0 Å². The zero-order valence-corrected chi connectivity index (χ0v) is 7.34. The zero-order valence-electron chi connectivity index (χ0n) is 6.52. The van der Waals surface area contributed by atoms with Crippen LogP contribution in [0.3, 0.4) is 0 Å². The summed E-state index contributed by atoms with van der Waals surface area (Å²) in [5, 5.41) is 8.33. The molecule has 0 aliphatic rings. The van der Waals surface area contributed by atoms with Crippen molar-refractivity contribution in [2.75, 3.05) is 5.75 Å². The summed E-state index contributed by atoms with van der Waals surface area (Å²) in [6.07, 6.45) is 1.26. The summed E-state index contributed by atoms with van der Waals surface area (Å²) in [6.45, 7) is 1.35. The first-order valence-corrected chi connectivity index (χ1v) is 4.79. The summed E-state index contributed by atoms with van der Waals surface area (Å²) in [4.78, 5) is 10.2. The number of carbonyl (C=O) groups is 1. The Hall–Kier alpha value is 0.380. The van der Waals surface area contributed by atoms with Gasteiger partial charge in [0.25, 0.3) is 10.1 Å². The van der Waals surface area contributed by atoms with Crippen LogP contribution < -0.4 is 0 Å². The maximum absolute atomic E-state index is 10.2. The van der Waals surface area contributed by atoms with Crippen molar-refractivity contribution in [1.82, 2.24) is 0 Å². The van der Waals surface area contributed by atoms with Gasteiger partial charge in [0.1, 0.15) is 0 Å². The van der Waals surface area contributed by atoms with Gasteiger partial charge in [0.15, 0.2) is 0 Å². The van der Waals surface area contributed by atoms with Gasteiger partial charge in [-0.05, 0) is 13.3 Å². The van der Waals surface area contributed by atoms with E-state index in [2.05, 4.69) is 0 Å². The van der Waals surface area contributed by atoms with Crippen LogP contribution in [-0.2, 0) is 14.9 Å². The first-order valence-electron chi connectivity index (χ1n) is 3.18. The van der Waals surface area contributed by atoms with Gasteiger partial charge in [0, 0.05) is 5.57 Å². The van der Waals surface area contributed by atoms with Gasteiger partial charge in [-0.3, -0.25) is 4.55 Å². The van der Waals surface area contributed by atoms with Crippen LogP contribution in [0.15, 0.2) is 11.6 Å². The van der Waals surface area contributed by atoms with E-state index in [0.29, 0.717) is 0 Å². The van der Waals surface area contributed by atoms with Gasteiger partial charge in [0.05, 0.1) is 5.75 Å². The molecule has 0 saturated carbocycles. The predicted molar refractivity (Wildman–Crippen MR) is 51.0 cm³/mol. The minimum absolute atomic E-state index is 0. The first-order chi connectivity index (χ1) is 5.33. The van der Waals surface area contributed by atoms with E-state index in [4.69, 9.17) is 9.66 Å². The van der Waals surface area contributed by atoms with Crippen molar-refractivity contribution in [3.8, 4) is 0 Å². The zero-order chi connectivity index (χ0) is 9.78. The normalized spacial score (nSPS) is 12.0. The summed E-state index contributed by atoms with van der Waals surface area (Å²) >= 11 is 0. The van der Waals surface area contributed by atoms with E-state index in [9.17, 15) is 13.2 Å². The number of rotatable bonds is 4. The van der Waals surface area contributed by atoms with Crippen molar-refractivity contribution >= 4 is 53.8 Å². The molecular formula is C6H12CaO5S. The molecule has 7 heteroatoms. The fraction of sp³-hybridized carbons (Fsp3) is 0.500. The Morgan fingerprint density at radius 1 is 1.46 bits per heavy atom. The third kappa shape index (κ3) is 10.3. The molecule has 0 bridgehead atoms. The van der Waals surface area contributed by atoms with Crippen LogP contribution in [0.4, 0.5) is 0 Å². The van der Waals surface area contributed by atoms with E-state index in [1.165, 1.54) is 13.0 Å². The van der Waals surface area contributed by atoms with E-state index in [0.717, 1.165) is 0 Å². The van der Waals surface area contributed by atoms with Crippen molar-refractivity contribution in [1.29, 1.82) is 0 Å². The van der Waals surface area contributed by atoms with Crippen LogP contribution in [0.2, 0.25) is 0 Å². The van der Waals surface area contributed by atoms with Crippen molar-refractivity contribution in [2.24, 2.45) is 0 Å². The maximum atomic E-state index is 10.2. The average molecular weight is 236 g/mol. The molecule has 0 unspecified atom stereocenters. The molecule has 0 spiro atoms. The number of carboxylic acid groups (broad SMARTS) is 1. The SMILES string of the molecule is CC(=CCCS(=O)(=O)O)C(=O)O.[CaH2]. The van der Waals surface area contributed by atoms with Crippen molar-refractivity contribution in [2.45, 2.75) is 13.3 Å². The number of aliphatic carboxylic acids is 1. The van der Waals surface area contributed by atoms with Gasteiger partial charge in [0.2, 0.25) is 0 Å². The fourth-order valence-electron chi connectivity index (χ4n) is 0.512. The standard InChI is InChI=1S/C6H10O5S.Ca.2H/c1-5(6(7)8)3-2-4-12(9,10)11;;;/h3H,2,4H2,1H3,(H,7,8)(H,9,10,11);;;. The first kappa shape index (κ1) is 15.8. The molecule has 0 aromatic carbocycles. The number of allylic oxidation sites excluding steroid dienone is 1. The Morgan fingerprint density at radius 2 is 1.92 bits per heavy atom. The third-order valence-electron chi connectivity index (χ3n) is 1.16. The Kier molecular flexibility index (Phi) is 8.26. The van der Waals surface area contributed by atoms with Gasteiger partial charge < -0.3 is 5.11 Å². The monoisotopic (exact) mass is 236 g/mol. The second-order valence-corrected chi connectivity index (χ2v) is 3.84. The summed E-state index contributed by atoms with van der Waals surface area (Å²) in [5.74, 6) is -1.54. The molecule has 2 N–H and O–H groups in total. The van der Waals surface area contributed by atoms with Gasteiger partial charge >= 0.3 is 43.7 Å². The second-order valence-electron chi connectivity index (χ2n) is 2.27. The molecule has 5 nitrogen and oxygen atoms in total. The van der Waals surface area contributed by atoms with Gasteiger partial charge in [-0.2, -0.15) is 8.42 Å². The van der Waals surface area contributed by atoms with Crippen LogP contribution in [0.1, 0.15) is 13.3 Å². The molecule has 0 rings (SSSR count). The van der Waals surface area contributed by atoms with E-state index >= 15 is 0 Å². The van der Waals surface area contributed by atoms with Gasteiger partial charge in [-0.25, -0.2) is 4.79 Å². The van der Waals surface area contributed by atoms with E-state index in [1.54, 1.807) is 0 Å². The molecule has 0 aromatic rings. The Morgan fingerprint density at radius 3 is 2.23 bits per heavy atom. The van der Waals surface area contributed by atoms with Crippen molar-refractivity contribution < 1.29 is 22.9 Å². The molecule has 0 radical (unpaired) electrons. The third-order valence-corrected chi connectivity index (χ3v) is 1.92. The van der Waals surface area contributed by atoms with E-state index in [-0.39, 0.29) is 49.7 Å². The second kappa shape index (κ2) is 6.78. The molecule has 0 amide bonds. The van der Waals surface area contributed by atoms with Crippen LogP contribution in [0, 0.1) is 0 Å². The van der Waals surface area contributed by atoms with Gasteiger partial charge in [-0.1, -0.05) is 6.08 Å². The molecule has 0 aromatic heterocycles. The summed E-state index contributed by atoms with van der Waals surface area (Å²) in [6, 6.07) is 0. The topological polar surface area (TPSA) is 91.7 Å². The van der Waals surface area contributed by atoms with Crippen LogP contribution in [0.25, 0.3) is 0 Å². The summed E-state index contributed by atoms with van der Waals surface area (Å²) < 4.78 is 28.6. The van der Waals surface area contributed by atoms with Crippen LogP contribution in [0.5, 0.6) is 0 Å². The Bertz CT molecular complexity index is 292.